The Hall–Kier alpha value is -3.21. The summed E-state index contributed by atoms with van der Waals surface area (Å²) in [6.07, 6.45) is 1.57. The lowest BCUT2D eigenvalue weighted by Gasteiger charge is -2.09. The molecule has 0 aliphatic heterocycles. The Morgan fingerprint density at radius 3 is 2.46 bits per heavy atom. The number of hydrogen-bond acceptors (Lipinski definition) is 3. The minimum Gasteiger partial charge on any atom is -0.489 e. The molecule has 0 saturated heterocycles. The molecule has 0 radical (unpaired) electrons. The minimum atomic E-state index is -0.288. The van der Waals surface area contributed by atoms with E-state index >= 15 is 0 Å². The summed E-state index contributed by atoms with van der Waals surface area (Å²) in [5.74, 6) is 1.45. The number of furan rings is 1. The van der Waals surface area contributed by atoms with Gasteiger partial charge in [0, 0.05) is 5.69 Å². The van der Waals surface area contributed by atoms with Crippen LogP contribution in [0.25, 0.3) is 0 Å². The third-order valence-electron chi connectivity index (χ3n) is 3.36. The summed E-state index contributed by atoms with van der Waals surface area (Å²) >= 11 is 0. The van der Waals surface area contributed by atoms with Crippen molar-refractivity contribution >= 4 is 11.7 Å². The molecule has 1 aromatic heterocycles. The third kappa shape index (κ3) is 4.64. The highest BCUT2D eigenvalue weighted by Crippen LogP contribution is 2.17. The Morgan fingerprint density at radius 2 is 1.75 bits per heavy atom. The quantitative estimate of drug-likeness (QED) is 0.715. The van der Waals surface area contributed by atoms with Gasteiger partial charge in [-0.3, -0.25) is 0 Å². The molecule has 122 valence electrons. The first-order valence-corrected chi connectivity index (χ1v) is 7.63. The van der Waals surface area contributed by atoms with Crippen LogP contribution in [0.3, 0.4) is 0 Å². The number of urea groups is 1. The second-order valence-electron chi connectivity index (χ2n) is 5.19. The van der Waals surface area contributed by atoms with Crippen molar-refractivity contribution in [2.24, 2.45) is 0 Å². The Morgan fingerprint density at radius 1 is 0.958 bits per heavy atom. The van der Waals surface area contributed by atoms with Crippen molar-refractivity contribution in [1.82, 2.24) is 5.32 Å². The van der Waals surface area contributed by atoms with Crippen LogP contribution in [0.15, 0.2) is 77.4 Å². The van der Waals surface area contributed by atoms with E-state index < -0.39 is 0 Å². The number of carbonyl (C=O) groups excluding carboxylic acids is 1. The van der Waals surface area contributed by atoms with Crippen molar-refractivity contribution < 1.29 is 13.9 Å². The predicted octanol–water partition coefficient (Wildman–Crippen LogP) is 4.18. The molecule has 0 unspecified atom stereocenters. The van der Waals surface area contributed by atoms with Gasteiger partial charge in [0.15, 0.2) is 0 Å². The minimum absolute atomic E-state index is 0.288. The van der Waals surface area contributed by atoms with Gasteiger partial charge >= 0.3 is 6.03 Å². The van der Waals surface area contributed by atoms with Gasteiger partial charge in [-0.15, -0.1) is 0 Å². The number of hydrogen-bond donors (Lipinski definition) is 2. The molecule has 0 aliphatic carbocycles. The molecule has 5 nitrogen and oxygen atoms in total. The van der Waals surface area contributed by atoms with E-state index in [0.29, 0.717) is 24.6 Å². The van der Waals surface area contributed by atoms with Crippen LogP contribution in [-0.2, 0) is 13.2 Å². The number of nitrogens with one attached hydrogen (secondary N) is 2. The lowest BCUT2D eigenvalue weighted by molar-refractivity contribution is 0.251. The molecule has 3 rings (SSSR count). The van der Waals surface area contributed by atoms with Crippen molar-refractivity contribution in [3.8, 4) is 5.75 Å². The van der Waals surface area contributed by atoms with Crippen molar-refractivity contribution in [3.05, 3.63) is 84.3 Å². The second kappa shape index (κ2) is 7.87. The highest BCUT2D eigenvalue weighted by atomic mass is 16.5. The van der Waals surface area contributed by atoms with Gasteiger partial charge in [0.05, 0.1) is 12.8 Å². The fraction of sp³-hybridized carbons (Fsp3) is 0.105. The lowest BCUT2D eigenvalue weighted by atomic mass is 10.2. The number of ether oxygens (including phenoxy) is 1. The molecule has 0 aliphatic rings. The number of carbonyl (C=O) groups is 1. The van der Waals surface area contributed by atoms with Crippen LogP contribution < -0.4 is 15.4 Å². The molecule has 2 aromatic carbocycles. The molecule has 1 heterocycles. The van der Waals surface area contributed by atoms with Crippen molar-refractivity contribution in [3.63, 3.8) is 0 Å². The van der Waals surface area contributed by atoms with E-state index in [4.69, 9.17) is 9.15 Å². The van der Waals surface area contributed by atoms with Gasteiger partial charge in [-0.05, 0) is 42.0 Å². The van der Waals surface area contributed by atoms with Crippen LogP contribution in [0, 0.1) is 0 Å². The van der Waals surface area contributed by atoms with E-state index in [1.165, 1.54) is 0 Å². The maximum absolute atomic E-state index is 11.8. The summed E-state index contributed by atoms with van der Waals surface area (Å²) in [6, 6.07) is 20.5. The van der Waals surface area contributed by atoms with E-state index in [9.17, 15) is 4.79 Å². The topological polar surface area (TPSA) is 63.5 Å². The van der Waals surface area contributed by atoms with E-state index in [-0.39, 0.29) is 6.03 Å². The van der Waals surface area contributed by atoms with E-state index in [1.54, 1.807) is 30.5 Å². The second-order valence-corrected chi connectivity index (χ2v) is 5.19. The van der Waals surface area contributed by atoms with Crippen molar-refractivity contribution in [2.75, 3.05) is 5.32 Å². The van der Waals surface area contributed by atoms with Crippen LogP contribution >= 0.6 is 0 Å². The number of anilines is 1. The first kappa shape index (κ1) is 15.7. The third-order valence-corrected chi connectivity index (χ3v) is 3.36. The molecule has 0 bridgehead atoms. The fourth-order valence-corrected chi connectivity index (χ4v) is 2.13. The van der Waals surface area contributed by atoms with Gasteiger partial charge < -0.3 is 19.8 Å². The van der Waals surface area contributed by atoms with Gasteiger partial charge in [-0.25, -0.2) is 4.79 Å². The lowest BCUT2D eigenvalue weighted by Crippen LogP contribution is -2.27. The largest absolute Gasteiger partial charge is 0.489 e. The maximum atomic E-state index is 11.8. The monoisotopic (exact) mass is 322 g/mol. The molecule has 2 N–H and O–H groups in total. The highest BCUT2D eigenvalue weighted by Gasteiger charge is 2.03. The van der Waals surface area contributed by atoms with Crippen LogP contribution in [0.4, 0.5) is 10.5 Å². The average molecular weight is 322 g/mol. The first-order valence-electron chi connectivity index (χ1n) is 7.63. The Labute approximate surface area is 140 Å². The molecule has 3 aromatic rings. The zero-order valence-corrected chi connectivity index (χ0v) is 13.1. The maximum Gasteiger partial charge on any atom is 0.319 e. The molecular weight excluding hydrogens is 304 g/mol. The summed E-state index contributed by atoms with van der Waals surface area (Å²) in [5, 5.41) is 5.48. The summed E-state index contributed by atoms with van der Waals surface area (Å²) in [6.45, 7) is 0.856. The zero-order chi connectivity index (χ0) is 16.6. The van der Waals surface area contributed by atoms with Crippen molar-refractivity contribution in [1.29, 1.82) is 0 Å². The van der Waals surface area contributed by atoms with E-state index in [0.717, 1.165) is 11.3 Å². The van der Waals surface area contributed by atoms with Gasteiger partial charge in [0.25, 0.3) is 0 Å². The molecule has 5 heteroatoms. The van der Waals surface area contributed by atoms with E-state index in [2.05, 4.69) is 10.6 Å². The average Bonchev–Trinajstić information content (AvgIpc) is 3.14. The van der Waals surface area contributed by atoms with Crippen LogP contribution in [0.1, 0.15) is 11.3 Å². The SMILES string of the molecule is O=C(NCc1ccco1)Nc1ccc(OCc2ccccc2)cc1. The van der Waals surface area contributed by atoms with Gasteiger partial charge in [-0.2, -0.15) is 0 Å². The standard InChI is InChI=1S/C19H18N2O3/c22-19(20-13-18-7-4-12-23-18)21-16-8-10-17(11-9-16)24-14-15-5-2-1-3-6-15/h1-12H,13-14H2,(H2,20,21,22). The molecule has 24 heavy (non-hydrogen) atoms. The van der Waals surface area contributed by atoms with Crippen LogP contribution in [-0.4, -0.2) is 6.03 Å². The Balaban J connectivity index is 1.46. The Bertz CT molecular complexity index is 753. The van der Waals surface area contributed by atoms with Gasteiger partial charge in [0.1, 0.15) is 18.1 Å². The smallest absolute Gasteiger partial charge is 0.319 e. The Kier molecular flexibility index (Phi) is 5.14. The molecule has 0 saturated carbocycles. The van der Waals surface area contributed by atoms with Gasteiger partial charge in [-0.1, -0.05) is 30.3 Å². The van der Waals surface area contributed by atoms with Crippen LogP contribution in [0.2, 0.25) is 0 Å². The van der Waals surface area contributed by atoms with Crippen molar-refractivity contribution in [2.45, 2.75) is 13.2 Å². The number of rotatable bonds is 6. The fourth-order valence-electron chi connectivity index (χ4n) is 2.13. The predicted molar refractivity (Wildman–Crippen MR) is 91.8 cm³/mol. The van der Waals surface area contributed by atoms with E-state index in [1.807, 2.05) is 42.5 Å². The summed E-state index contributed by atoms with van der Waals surface area (Å²) in [7, 11) is 0. The summed E-state index contributed by atoms with van der Waals surface area (Å²) in [4.78, 5) is 11.8. The highest BCUT2D eigenvalue weighted by molar-refractivity contribution is 5.89. The summed E-state index contributed by atoms with van der Waals surface area (Å²) < 4.78 is 10.9. The van der Waals surface area contributed by atoms with Crippen LogP contribution in [0.5, 0.6) is 5.75 Å². The number of benzene rings is 2. The summed E-state index contributed by atoms with van der Waals surface area (Å²) in [5.41, 5.74) is 1.80. The molecular formula is C19H18N2O3. The molecule has 0 fully saturated rings. The molecule has 2 amide bonds. The first-order chi connectivity index (χ1) is 11.8. The van der Waals surface area contributed by atoms with Gasteiger partial charge in [0.2, 0.25) is 0 Å². The molecule has 0 atom stereocenters. The zero-order valence-electron chi connectivity index (χ0n) is 13.1. The molecule has 0 spiro atoms. The number of amides is 2. The normalized spacial score (nSPS) is 10.2.